The van der Waals surface area contributed by atoms with Crippen molar-refractivity contribution in [1.29, 1.82) is 0 Å². The minimum atomic E-state index is -0.611. The van der Waals surface area contributed by atoms with Crippen LogP contribution in [0.3, 0.4) is 0 Å². The molecule has 5 rings (SSSR count). The molecule has 164 valence electrons. The molecule has 6 nitrogen and oxygen atoms in total. The van der Waals surface area contributed by atoms with Crippen molar-refractivity contribution in [1.82, 2.24) is 0 Å². The first-order chi connectivity index (χ1) is 14.1. The predicted molar refractivity (Wildman–Crippen MR) is 107 cm³/mol. The van der Waals surface area contributed by atoms with Crippen LogP contribution in [0.5, 0.6) is 0 Å². The topological polar surface area (TPSA) is 89.9 Å². The van der Waals surface area contributed by atoms with Crippen molar-refractivity contribution in [2.24, 2.45) is 34.5 Å². The summed E-state index contributed by atoms with van der Waals surface area (Å²) in [6.45, 7) is 4.33. The highest BCUT2D eigenvalue weighted by Gasteiger charge is 2.70. The van der Waals surface area contributed by atoms with Crippen LogP contribution in [0.25, 0.3) is 0 Å². The number of rotatable bonds is 1. The van der Waals surface area contributed by atoms with Gasteiger partial charge in [-0.15, -0.1) is 0 Å². The maximum atomic E-state index is 12.9. The van der Waals surface area contributed by atoms with Gasteiger partial charge in [0.25, 0.3) is 0 Å². The summed E-state index contributed by atoms with van der Waals surface area (Å²) >= 11 is 0. The van der Waals surface area contributed by atoms with E-state index < -0.39 is 17.6 Å². The number of ketones is 1. The van der Waals surface area contributed by atoms with Crippen LogP contribution in [-0.4, -0.2) is 41.6 Å². The largest absolute Gasteiger partial charge is 0.469 e. The number of aliphatic hydroxyl groups is 1. The average molecular weight is 417 g/mol. The fourth-order valence-corrected chi connectivity index (χ4v) is 8.26. The smallest absolute Gasteiger partial charge is 0.312 e. The lowest BCUT2D eigenvalue weighted by Gasteiger charge is -2.61. The molecule has 0 radical (unpaired) electrons. The molecule has 0 aromatic rings. The van der Waals surface area contributed by atoms with E-state index in [1.807, 2.05) is 6.08 Å². The molecular formula is C24H32O6. The minimum absolute atomic E-state index is 0.0770. The summed E-state index contributed by atoms with van der Waals surface area (Å²) in [4.78, 5) is 37.2. The van der Waals surface area contributed by atoms with E-state index in [4.69, 9.17) is 9.47 Å². The van der Waals surface area contributed by atoms with Gasteiger partial charge in [0, 0.05) is 24.7 Å². The van der Waals surface area contributed by atoms with Crippen LogP contribution in [0.2, 0.25) is 0 Å². The summed E-state index contributed by atoms with van der Waals surface area (Å²) in [7, 11) is 1.41. The normalized spacial score (nSPS) is 49.7. The predicted octanol–water partition coefficient (Wildman–Crippen LogP) is 2.96. The highest BCUT2D eigenvalue weighted by molar-refractivity contribution is 5.84. The Morgan fingerprint density at radius 3 is 2.63 bits per heavy atom. The number of allylic oxidation sites excluding steroid dienone is 1. The SMILES string of the molecule is COC(=O)C1C=C2CC(=O)CCC2(C)C2C(O)CC3(C)C(CC[C@@]34CCC(=O)O4)C12. The minimum Gasteiger partial charge on any atom is -0.469 e. The van der Waals surface area contributed by atoms with Gasteiger partial charge in [0.2, 0.25) is 0 Å². The number of aliphatic hydroxyl groups excluding tert-OH is 1. The summed E-state index contributed by atoms with van der Waals surface area (Å²) in [5.41, 5.74) is -0.183. The zero-order valence-electron chi connectivity index (χ0n) is 18.1. The molecule has 0 aromatic heterocycles. The van der Waals surface area contributed by atoms with Crippen LogP contribution >= 0.6 is 0 Å². The quantitative estimate of drug-likeness (QED) is 0.522. The summed E-state index contributed by atoms with van der Waals surface area (Å²) in [6.07, 6.45) is 6.34. The number of Topliss-reactive ketones (excluding diaryl/α,β-unsaturated/α-hetero) is 1. The Balaban J connectivity index is 1.63. The lowest BCUT2D eigenvalue weighted by molar-refractivity contribution is -0.192. The molecule has 1 saturated heterocycles. The van der Waals surface area contributed by atoms with Gasteiger partial charge < -0.3 is 14.6 Å². The lowest BCUT2D eigenvalue weighted by atomic mass is 9.44. The van der Waals surface area contributed by atoms with Crippen LogP contribution in [0.15, 0.2) is 11.6 Å². The first kappa shape index (κ1) is 20.2. The Kier molecular flexibility index (Phi) is 4.32. The van der Waals surface area contributed by atoms with Gasteiger partial charge in [-0.1, -0.05) is 25.5 Å². The number of carbonyl (C=O) groups excluding carboxylic acids is 3. The molecule has 0 aromatic carbocycles. The van der Waals surface area contributed by atoms with E-state index in [0.29, 0.717) is 38.5 Å². The van der Waals surface area contributed by atoms with Crippen molar-refractivity contribution in [3.8, 4) is 0 Å². The number of fused-ring (bicyclic) bond motifs is 6. The van der Waals surface area contributed by atoms with E-state index in [2.05, 4.69) is 13.8 Å². The van der Waals surface area contributed by atoms with E-state index in [-0.39, 0.29) is 46.3 Å². The van der Waals surface area contributed by atoms with E-state index >= 15 is 0 Å². The molecule has 1 heterocycles. The summed E-state index contributed by atoms with van der Waals surface area (Å²) in [5, 5.41) is 11.6. The Morgan fingerprint density at radius 2 is 1.97 bits per heavy atom. The van der Waals surface area contributed by atoms with Crippen LogP contribution in [0.1, 0.15) is 65.2 Å². The Hall–Kier alpha value is -1.69. The van der Waals surface area contributed by atoms with Crippen molar-refractivity contribution >= 4 is 17.7 Å². The van der Waals surface area contributed by atoms with Gasteiger partial charge in [-0.05, 0) is 55.3 Å². The number of carbonyl (C=O) groups is 3. The first-order valence-electron chi connectivity index (χ1n) is 11.4. The van der Waals surface area contributed by atoms with Crippen molar-refractivity contribution < 1.29 is 29.0 Å². The van der Waals surface area contributed by atoms with Crippen molar-refractivity contribution in [3.05, 3.63) is 11.6 Å². The molecule has 1 aliphatic heterocycles. The second-order valence-electron chi connectivity index (χ2n) is 10.8. The molecule has 0 amide bonds. The number of methoxy groups -OCH3 is 1. The van der Waals surface area contributed by atoms with E-state index in [0.717, 1.165) is 18.4 Å². The molecule has 1 spiro atoms. The van der Waals surface area contributed by atoms with Gasteiger partial charge in [0.05, 0.1) is 19.1 Å². The maximum Gasteiger partial charge on any atom is 0.312 e. The van der Waals surface area contributed by atoms with E-state index in [1.165, 1.54) is 7.11 Å². The number of ether oxygens (including phenoxy) is 2. The molecule has 1 N–H and O–H groups in total. The maximum absolute atomic E-state index is 12.9. The Morgan fingerprint density at radius 1 is 1.20 bits per heavy atom. The standard InChI is InChI=1S/C24H32O6/c1-22-7-4-14(25)10-13(22)11-15(21(28)29-3)19-16-5-8-24(9-6-18(27)30-24)23(16,2)12-17(26)20(19)22/h11,15-17,19-20,26H,4-10,12H2,1-3H3/t15?,16?,17?,19?,20?,22?,23?,24-/m1/s1. The molecule has 4 fully saturated rings. The molecule has 0 bridgehead atoms. The van der Waals surface area contributed by atoms with Crippen LogP contribution in [0.4, 0.5) is 0 Å². The lowest BCUT2D eigenvalue weighted by Crippen LogP contribution is -2.62. The third-order valence-corrected chi connectivity index (χ3v) is 9.74. The van der Waals surface area contributed by atoms with Gasteiger partial charge in [-0.25, -0.2) is 0 Å². The fraction of sp³-hybridized carbons (Fsp3) is 0.792. The molecule has 5 aliphatic rings. The summed E-state index contributed by atoms with van der Waals surface area (Å²) < 4.78 is 11.1. The molecule has 7 unspecified atom stereocenters. The second kappa shape index (κ2) is 6.41. The van der Waals surface area contributed by atoms with Crippen LogP contribution in [0, 0.1) is 34.5 Å². The van der Waals surface area contributed by atoms with Gasteiger partial charge >= 0.3 is 11.9 Å². The number of hydrogen-bond donors (Lipinski definition) is 1. The highest BCUT2D eigenvalue weighted by atomic mass is 16.6. The molecule has 30 heavy (non-hydrogen) atoms. The highest BCUT2D eigenvalue weighted by Crippen LogP contribution is 2.70. The first-order valence-corrected chi connectivity index (χ1v) is 11.4. The Bertz CT molecular complexity index is 847. The third kappa shape index (κ3) is 2.43. The van der Waals surface area contributed by atoms with Crippen molar-refractivity contribution in [2.45, 2.75) is 76.9 Å². The third-order valence-electron chi connectivity index (χ3n) is 9.74. The summed E-state index contributed by atoms with van der Waals surface area (Å²) in [5.74, 6) is -0.728. The molecule has 3 saturated carbocycles. The van der Waals surface area contributed by atoms with Gasteiger partial charge in [0.1, 0.15) is 11.4 Å². The fourth-order valence-electron chi connectivity index (χ4n) is 8.26. The number of esters is 2. The van der Waals surface area contributed by atoms with Crippen LogP contribution < -0.4 is 0 Å². The monoisotopic (exact) mass is 416 g/mol. The van der Waals surface area contributed by atoms with Crippen molar-refractivity contribution in [3.63, 3.8) is 0 Å². The average Bonchev–Trinajstić information content (AvgIpc) is 3.21. The molecule has 4 aliphatic carbocycles. The second-order valence-corrected chi connectivity index (χ2v) is 10.8. The molecule has 8 atom stereocenters. The number of hydrogen-bond acceptors (Lipinski definition) is 6. The zero-order valence-corrected chi connectivity index (χ0v) is 18.1. The Labute approximate surface area is 177 Å². The van der Waals surface area contributed by atoms with Gasteiger partial charge in [-0.3, -0.25) is 14.4 Å². The molecular weight excluding hydrogens is 384 g/mol. The van der Waals surface area contributed by atoms with Gasteiger partial charge in [-0.2, -0.15) is 0 Å². The molecule has 6 heteroatoms. The van der Waals surface area contributed by atoms with E-state index in [1.54, 1.807) is 0 Å². The van der Waals surface area contributed by atoms with Gasteiger partial charge in [0.15, 0.2) is 0 Å². The van der Waals surface area contributed by atoms with Crippen molar-refractivity contribution in [2.75, 3.05) is 7.11 Å². The summed E-state index contributed by atoms with van der Waals surface area (Å²) in [6, 6.07) is 0. The van der Waals surface area contributed by atoms with E-state index in [9.17, 15) is 19.5 Å². The van der Waals surface area contributed by atoms with Crippen LogP contribution in [-0.2, 0) is 23.9 Å². The zero-order chi connectivity index (χ0) is 21.5.